The van der Waals surface area contributed by atoms with Crippen LogP contribution in [0.15, 0.2) is 60.0 Å². The highest BCUT2D eigenvalue weighted by Gasteiger charge is 2.21. The van der Waals surface area contributed by atoms with E-state index in [-0.39, 0.29) is 18.6 Å². The molecule has 2 heterocycles. The van der Waals surface area contributed by atoms with Gasteiger partial charge in [-0.05, 0) is 56.5 Å². The first-order valence-electron chi connectivity index (χ1n) is 9.03. The van der Waals surface area contributed by atoms with E-state index in [0.29, 0.717) is 11.3 Å². The fourth-order valence-corrected chi connectivity index (χ4v) is 3.63. The number of anilines is 1. The molecule has 0 saturated carbocycles. The van der Waals surface area contributed by atoms with Crippen LogP contribution in [-0.2, 0) is 9.53 Å². The lowest BCUT2D eigenvalue weighted by Gasteiger charge is -2.26. The molecule has 1 amide bonds. The van der Waals surface area contributed by atoms with Gasteiger partial charge in [0.15, 0.2) is 6.61 Å². The third kappa shape index (κ3) is 4.46. The Hall–Kier alpha value is -2.99. The van der Waals surface area contributed by atoms with Crippen molar-refractivity contribution in [3.63, 3.8) is 0 Å². The summed E-state index contributed by atoms with van der Waals surface area (Å²) < 4.78 is 5.29. The van der Waals surface area contributed by atoms with E-state index in [1.165, 1.54) is 0 Å². The Morgan fingerprint density at radius 2 is 1.82 bits per heavy atom. The van der Waals surface area contributed by atoms with Gasteiger partial charge >= 0.3 is 5.97 Å². The normalized spacial score (nSPS) is 10.7. The van der Waals surface area contributed by atoms with Crippen LogP contribution in [0.3, 0.4) is 0 Å². The van der Waals surface area contributed by atoms with Crippen molar-refractivity contribution in [3.8, 4) is 10.6 Å². The molecular formula is C22H22N2O3S. The van der Waals surface area contributed by atoms with Crippen molar-refractivity contribution in [1.29, 1.82) is 0 Å². The molecule has 0 aliphatic rings. The van der Waals surface area contributed by atoms with Gasteiger partial charge < -0.3 is 9.64 Å². The first kappa shape index (κ1) is 19.8. The molecule has 0 spiro atoms. The first-order chi connectivity index (χ1) is 13.5. The fourth-order valence-electron chi connectivity index (χ4n) is 2.93. The van der Waals surface area contributed by atoms with E-state index < -0.39 is 5.97 Å². The fraction of sp³-hybridized carbons (Fsp3) is 0.227. The second-order valence-corrected chi connectivity index (χ2v) is 7.52. The lowest BCUT2D eigenvalue weighted by molar-refractivity contribution is -0.122. The smallest absolute Gasteiger partial charge is 0.340 e. The molecule has 0 unspecified atom stereocenters. The Kier molecular flexibility index (Phi) is 6.21. The predicted molar refractivity (Wildman–Crippen MR) is 112 cm³/mol. The number of amides is 1. The minimum atomic E-state index is -0.548. The number of carbonyl (C=O) groups excluding carboxylic acids is 2. The molecule has 0 radical (unpaired) electrons. The summed E-state index contributed by atoms with van der Waals surface area (Å²) in [5.41, 5.74) is 2.53. The van der Waals surface area contributed by atoms with Crippen LogP contribution < -0.4 is 4.90 Å². The highest BCUT2D eigenvalue weighted by molar-refractivity contribution is 7.13. The van der Waals surface area contributed by atoms with Crippen molar-refractivity contribution < 1.29 is 14.3 Å². The number of rotatable bonds is 6. The van der Waals surface area contributed by atoms with E-state index in [9.17, 15) is 9.59 Å². The number of ether oxygens (including phenoxy) is 1. The number of esters is 1. The van der Waals surface area contributed by atoms with Gasteiger partial charge in [0.2, 0.25) is 0 Å². The molecule has 0 atom stereocenters. The van der Waals surface area contributed by atoms with Crippen molar-refractivity contribution >= 4 is 28.9 Å². The Morgan fingerprint density at radius 1 is 1.07 bits per heavy atom. The Bertz CT molecular complexity index is 953. The van der Waals surface area contributed by atoms with Crippen LogP contribution >= 0.6 is 11.3 Å². The minimum absolute atomic E-state index is 0.0536. The number of aryl methyl sites for hydroxylation is 1. The molecule has 0 bridgehead atoms. The molecule has 0 aliphatic carbocycles. The summed E-state index contributed by atoms with van der Waals surface area (Å²) in [7, 11) is 0. The van der Waals surface area contributed by atoms with Gasteiger partial charge in [0, 0.05) is 11.7 Å². The van der Waals surface area contributed by atoms with Crippen molar-refractivity contribution in [3.05, 3.63) is 71.2 Å². The average Bonchev–Trinajstić information content (AvgIpc) is 3.21. The van der Waals surface area contributed by atoms with Crippen molar-refractivity contribution in [2.75, 3.05) is 11.5 Å². The topological polar surface area (TPSA) is 59.5 Å². The second kappa shape index (κ2) is 8.80. The van der Waals surface area contributed by atoms with Gasteiger partial charge in [-0.3, -0.25) is 9.78 Å². The quantitative estimate of drug-likeness (QED) is 0.568. The highest BCUT2D eigenvalue weighted by atomic mass is 32.1. The number of carbonyl (C=O) groups is 2. The van der Waals surface area contributed by atoms with E-state index in [4.69, 9.17) is 4.74 Å². The lowest BCUT2D eigenvalue weighted by atomic mass is 10.1. The van der Waals surface area contributed by atoms with Gasteiger partial charge in [-0.15, -0.1) is 11.3 Å². The van der Waals surface area contributed by atoms with Crippen LogP contribution in [0, 0.1) is 6.92 Å². The van der Waals surface area contributed by atoms with Crippen molar-refractivity contribution in [2.45, 2.75) is 26.8 Å². The molecule has 6 heteroatoms. The number of hydrogen-bond acceptors (Lipinski definition) is 5. The first-order valence-corrected chi connectivity index (χ1v) is 9.91. The second-order valence-electron chi connectivity index (χ2n) is 6.58. The standard InChI is InChI=1S/C22H22N2O3S/c1-15(2)24(17-8-5-4-6-9-17)21(25)14-27-22(26)18-11-12-19(23-16(18)3)20-10-7-13-28-20/h4-13,15H,14H2,1-3H3. The zero-order valence-corrected chi connectivity index (χ0v) is 16.9. The molecule has 1 aromatic carbocycles. The van der Waals surface area contributed by atoms with Crippen molar-refractivity contribution in [2.24, 2.45) is 0 Å². The molecule has 0 saturated heterocycles. The number of thiophene rings is 1. The molecule has 3 rings (SSSR count). The molecule has 2 aromatic heterocycles. The van der Waals surface area contributed by atoms with Gasteiger partial charge in [0.1, 0.15) is 0 Å². The molecule has 28 heavy (non-hydrogen) atoms. The number of pyridine rings is 1. The van der Waals surface area contributed by atoms with Crippen LogP contribution in [0.5, 0.6) is 0 Å². The monoisotopic (exact) mass is 394 g/mol. The van der Waals surface area contributed by atoms with E-state index in [1.807, 2.05) is 61.7 Å². The predicted octanol–water partition coefficient (Wildman–Crippen LogP) is 4.72. The summed E-state index contributed by atoms with van der Waals surface area (Å²) in [6, 6.07) is 16.7. The Morgan fingerprint density at radius 3 is 2.43 bits per heavy atom. The zero-order valence-electron chi connectivity index (χ0n) is 16.1. The number of aromatic nitrogens is 1. The maximum Gasteiger partial charge on any atom is 0.340 e. The van der Waals surface area contributed by atoms with Gasteiger partial charge in [-0.25, -0.2) is 4.79 Å². The Labute approximate surface area is 168 Å². The number of hydrogen-bond donors (Lipinski definition) is 0. The highest BCUT2D eigenvalue weighted by Crippen LogP contribution is 2.24. The van der Waals surface area contributed by atoms with E-state index in [2.05, 4.69) is 4.98 Å². The largest absolute Gasteiger partial charge is 0.452 e. The van der Waals surface area contributed by atoms with E-state index in [1.54, 1.807) is 35.3 Å². The summed E-state index contributed by atoms with van der Waals surface area (Å²) in [5.74, 6) is -0.816. The SMILES string of the molecule is Cc1nc(-c2cccs2)ccc1C(=O)OCC(=O)N(c1ccccc1)C(C)C. The average molecular weight is 394 g/mol. The Balaban J connectivity index is 1.68. The van der Waals surface area contributed by atoms with E-state index >= 15 is 0 Å². The lowest BCUT2D eigenvalue weighted by Crippen LogP contribution is -2.39. The number of benzene rings is 1. The maximum absolute atomic E-state index is 12.6. The molecule has 5 nitrogen and oxygen atoms in total. The van der Waals surface area contributed by atoms with Gasteiger partial charge in [-0.2, -0.15) is 0 Å². The summed E-state index contributed by atoms with van der Waals surface area (Å²) in [4.78, 5) is 32.3. The van der Waals surface area contributed by atoms with Crippen LogP contribution in [0.4, 0.5) is 5.69 Å². The van der Waals surface area contributed by atoms with Crippen LogP contribution in [0.1, 0.15) is 29.9 Å². The molecule has 0 fully saturated rings. The van der Waals surface area contributed by atoms with Gasteiger partial charge in [0.25, 0.3) is 5.91 Å². The minimum Gasteiger partial charge on any atom is -0.452 e. The molecular weight excluding hydrogens is 372 g/mol. The summed E-state index contributed by atoms with van der Waals surface area (Å²) in [6.07, 6.45) is 0. The molecule has 144 valence electrons. The van der Waals surface area contributed by atoms with Crippen LogP contribution in [0.2, 0.25) is 0 Å². The van der Waals surface area contributed by atoms with E-state index in [0.717, 1.165) is 16.3 Å². The van der Waals surface area contributed by atoms with Gasteiger partial charge in [-0.1, -0.05) is 24.3 Å². The van der Waals surface area contributed by atoms with Gasteiger partial charge in [0.05, 0.1) is 21.8 Å². The third-order valence-corrected chi connectivity index (χ3v) is 5.12. The molecule has 3 aromatic rings. The van der Waals surface area contributed by atoms with Crippen LogP contribution in [0.25, 0.3) is 10.6 Å². The number of nitrogens with zero attached hydrogens (tertiary/aromatic N) is 2. The third-order valence-electron chi connectivity index (χ3n) is 4.23. The summed E-state index contributed by atoms with van der Waals surface area (Å²) in [6.45, 7) is 5.28. The van der Waals surface area contributed by atoms with Crippen LogP contribution in [-0.4, -0.2) is 29.5 Å². The molecule has 0 aliphatic heterocycles. The number of para-hydroxylation sites is 1. The van der Waals surface area contributed by atoms with Crippen molar-refractivity contribution in [1.82, 2.24) is 4.98 Å². The summed E-state index contributed by atoms with van der Waals surface area (Å²) in [5, 5.41) is 1.98. The molecule has 0 N–H and O–H groups in total. The maximum atomic E-state index is 12.6. The zero-order chi connectivity index (χ0) is 20.1. The summed E-state index contributed by atoms with van der Waals surface area (Å²) >= 11 is 1.59.